The zero-order chi connectivity index (χ0) is 21.1. The molecule has 9 nitrogen and oxygen atoms in total. The van der Waals surface area contributed by atoms with Gasteiger partial charge in [-0.15, -0.1) is 11.3 Å². The molecule has 1 aromatic heterocycles. The van der Waals surface area contributed by atoms with Gasteiger partial charge in [-0.3, -0.25) is 9.52 Å². The van der Waals surface area contributed by atoms with Gasteiger partial charge < -0.3 is 15.5 Å². The van der Waals surface area contributed by atoms with E-state index in [-0.39, 0.29) is 28.8 Å². The lowest BCUT2D eigenvalue weighted by molar-refractivity contribution is -0.121. The van der Waals surface area contributed by atoms with E-state index in [1.807, 2.05) is 0 Å². The summed E-state index contributed by atoms with van der Waals surface area (Å²) in [5, 5.41) is 7.75. The molecule has 11 heteroatoms. The molecular formula is C19H23N5O4S2. The van der Waals surface area contributed by atoms with Crippen molar-refractivity contribution in [2.75, 3.05) is 23.1 Å². The third kappa shape index (κ3) is 5.08. The van der Waals surface area contributed by atoms with Crippen LogP contribution < -0.4 is 15.4 Å². The summed E-state index contributed by atoms with van der Waals surface area (Å²) in [6, 6.07) is 6.15. The van der Waals surface area contributed by atoms with Crippen LogP contribution in [0.15, 0.2) is 40.7 Å². The zero-order valence-electron chi connectivity index (χ0n) is 16.2. The summed E-state index contributed by atoms with van der Waals surface area (Å²) in [5.74, 6) is -0.464. The smallest absolute Gasteiger partial charge is 0.317 e. The number of rotatable bonds is 6. The van der Waals surface area contributed by atoms with Gasteiger partial charge in [-0.1, -0.05) is 0 Å². The predicted molar refractivity (Wildman–Crippen MR) is 114 cm³/mol. The number of hydrogen-bond donors (Lipinski definition) is 3. The molecule has 2 aromatic rings. The minimum Gasteiger partial charge on any atom is -0.335 e. The van der Waals surface area contributed by atoms with Gasteiger partial charge in [0.15, 0.2) is 5.13 Å². The highest BCUT2D eigenvalue weighted by atomic mass is 32.2. The number of anilines is 2. The van der Waals surface area contributed by atoms with Crippen LogP contribution in [-0.2, 0) is 14.8 Å². The first kappa shape index (κ1) is 20.6. The number of nitrogens with zero attached hydrogens (tertiary/aromatic N) is 2. The van der Waals surface area contributed by atoms with Crippen molar-refractivity contribution < 1.29 is 18.0 Å². The molecule has 0 radical (unpaired) electrons. The second-order valence-electron chi connectivity index (χ2n) is 7.47. The second-order valence-corrected chi connectivity index (χ2v) is 10.0. The standard InChI is InChI=1S/C19H23N5O4S2/c25-17(13-2-1-10-24(12-13)19(26)22-15-3-4-15)21-14-5-7-16(8-6-14)30(27,28)23-18-20-9-11-29-18/h5-9,11,13,15H,1-4,10,12H2,(H,20,23)(H,21,25)(H,22,26). The van der Waals surface area contributed by atoms with Crippen LogP contribution in [0.5, 0.6) is 0 Å². The van der Waals surface area contributed by atoms with Crippen LogP contribution in [0.4, 0.5) is 15.6 Å². The third-order valence-corrected chi connectivity index (χ3v) is 7.24. The summed E-state index contributed by atoms with van der Waals surface area (Å²) in [4.78, 5) is 30.6. The first-order valence-corrected chi connectivity index (χ1v) is 12.2. The molecular weight excluding hydrogens is 426 g/mol. The summed E-state index contributed by atoms with van der Waals surface area (Å²) >= 11 is 1.19. The maximum Gasteiger partial charge on any atom is 0.317 e. The number of sulfonamides is 1. The molecule has 1 saturated carbocycles. The fraction of sp³-hybridized carbons (Fsp3) is 0.421. The van der Waals surface area contributed by atoms with Crippen molar-refractivity contribution in [3.63, 3.8) is 0 Å². The van der Waals surface area contributed by atoms with Crippen molar-refractivity contribution in [1.82, 2.24) is 15.2 Å². The van der Waals surface area contributed by atoms with Gasteiger partial charge in [-0.05, 0) is 49.9 Å². The molecule has 2 fully saturated rings. The predicted octanol–water partition coefficient (Wildman–Crippen LogP) is 2.47. The fourth-order valence-corrected chi connectivity index (χ4v) is 5.07. The van der Waals surface area contributed by atoms with Crippen molar-refractivity contribution in [3.8, 4) is 0 Å². The number of hydrogen-bond acceptors (Lipinski definition) is 6. The highest BCUT2D eigenvalue weighted by Crippen LogP contribution is 2.23. The summed E-state index contributed by atoms with van der Waals surface area (Å²) in [6.45, 7) is 1.04. The Bertz CT molecular complexity index is 1000. The minimum absolute atomic E-state index is 0.0799. The van der Waals surface area contributed by atoms with Crippen molar-refractivity contribution in [2.45, 2.75) is 36.6 Å². The lowest BCUT2D eigenvalue weighted by atomic mass is 9.97. The van der Waals surface area contributed by atoms with Crippen molar-refractivity contribution >= 4 is 44.1 Å². The zero-order valence-corrected chi connectivity index (χ0v) is 17.8. The number of likely N-dealkylation sites (tertiary alicyclic amines) is 1. The van der Waals surface area contributed by atoms with Crippen LogP contribution in [-0.4, -0.2) is 49.4 Å². The number of carbonyl (C=O) groups excluding carboxylic acids is 2. The van der Waals surface area contributed by atoms with Gasteiger partial charge in [-0.25, -0.2) is 18.2 Å². The molecule has 1 saturated heterocycles. The molecule has 1 atom stereocenters. The van der Waals surface area contributed by atoms with Crippen LogP contribution in [0.25, 0.3) is 0 Å². The van der Waals surface area contributed by atoms with E-state index in [0.29, 0.717) is 30.3 Å². The topological polar surface area (TPSA) is 120 Å². The molecule has 1 aliphatic heterocycles. The largest absolute Gasteiger partial charge is 0.335 e. The maximum atomic E-state index is 12.7. The number of piperidine rings is 1. The Kier molecular flexibility index (Phi) is 5.91. The van der Waals surface area contributed by atoms with E-state index < -0.39 is 10.0 Å². The maximum absolute atomic E-state index is 12.7. The second kappa shape index (κ2) is 8.60. The average Bonchev–Trinajstić information content (AvgIpc) is 3.41. The molecule has 0 spiro atoms. The normalized spacial score (nSPS) is 19.2. The van der Waals surface area contributed by atoms with Crippen LogP contribution in [0.1, 0.15) is 25.7 Å². The monoisotopic (exact) mass is 449 g/mol. The van der Waals surface area contributed by atoms with Crippen LogP contribution in [0.3, 0.4) is 0 Å². The summed E-state index contributed by atoms with van der Waals surface area (Å²) < 4.78 is 27.2. The van der Waals surface area contributed by atoms with Gasteiger partial charge in [0, 0.05) is 36.4 Å². The molecule has 4 rings (SSSR count). The fourth-order valence-electron chi connectivity index (χ4n) is 3.28. The van der Waals surface area contributed by atoms with Crippen molar-refractivity contribution in [3.05, 3.63) is 35.8 Å². The van der Waals surface area contributed by atoms with Gasteiger partial charge >= 0.3 is 6.03 Å². The number of nitrogens with one attached hydrogen (secondary N) is 3. The van der Waals surface area contributed by atoms with Gasteiger partial charge in [-0.2, -0.15) is 0 Å². The van der Waals surface area contributed by atoms with E-state index in [1.165, 1.54) is 29.7 Å². The third-order valence-electron chi connectivity index (χ3n) is 5.07. The summed E-state index contributed by atoms with van der Waals surface area (Å²) in [6.07, 6.45) is 5.05. The Morgan fingerprint density at radius 2 is 1.90 bits per heavy atom. The van der Waals surface area contributed by atoms with E-state index in [0.717, 1.165) is 19.3 Å². The van der Waals surface area contributed by atoms with Crippen LogP contribution >= 0.6 is 11.3 Å². The van der Waals surface area contributed by atoms with Crippen LogP contribution in [0, 0.1) is 5.92 Å². The van der Waals surface area contributed by atoms with Gasteiger partial charge in [0.1, 0.15) is 0 Å². The first-order valence-electron chi connectivity index (χ1n) is 9.79. The first-order chi connectivity index (χ1) is 14.4. The van der Waals surface area contributed by atoms with Gasteiger partial charge in [0.25, 0.3) is 10.0 Å². The minimum atomic E-state index is -3.74. The lowest BCUT2D eigenvalue weighted by Gasteiger charge is -2.32. The summed E-state index contributed by atoms with van der Waals surface area (Å²) in [5.41, 5.74) is 0.507. The highest BCUT2D eigenvalue weighted by Gasteiger charge is 2.31. The molecule has 2 heterocycles. The van der Waals surface area contributed by atoms with E-state index in [4.69, 9.17) is 0 Å². The van der Waals surface area contributed by atoms with Gasteiger partial charge in [0.05, 0.1) is 10.8 Å². The SMILES string of the molecule is O=C(Nc1ccc(S(=O)(=O)Nc2nccs2)cc1)C1CCCN(C(=O)NC2CC2)C1. The number of benzene rings is 1. The molecule has 2 aliphatic rings. The van der Waals surface area contributed by atoms with Crippen molar-refractivity contribution in [1.29, 1.82) is 0 Å². The van der Waals surface area contributed by atoms with Crippen LogP contribution in [0.2, 0.25) is 0 Å². The molecule has 30 heavy (non-hydrogen) atoms. The lowest BCUT2D eigenvalue weighted by Crippen LogP contribution is -2.48. The molecule has 160 valence electrons. The molecule has 1 aliphatic carbocycles. The van der Waals surface area contributed by atoms with Crippen molar-refractivity contribution in [2.24, 2.45) is 5.92 Å². The number of carbonyl (C=O) groups is 2. The van der Waals surface area contributed by atoms with E-state index in [1.54, 1.807) is 22.4 Å². The number of urea groups is 1. The Balaban J connectivity index is 1.34. The Morgan fingerprint density at radius 3 is 2.57 bits per heavy atom. The Labute approximate surface area is 178 Å². The average molecular weight is 450 g/mol. The number of amides is 3. The molecule has 0 bridgehead atoms. The number of aromatic nitrogens is 1. The van der Waals surface area contributed by atoms with E-state index in [9.17, 15) is 18.0 Å². The highest BCUT2D eigenvalue weighted by molar-refractivity contribution is 7.93. The Hall–Kier alpha value is -2.66. The van der Waals surface area contributed by atoms with Gasteiger partial charge in [0.2, 0.25) is 5.91 Å². The quantitative estimate of drug-likeness (QED) is 0.626. The summed E-state index contributed by atoms with van der Waals surface area (Å²) in [7, 11) is -3.74. The number of thiazole rings is 1. The van der Waals surface area contributed by atoms with E-state index in [2.05, 4.69) is 20.3 Å². The molecule has 1 unspecified atom stereocenters. The molecule has 3 amide bonds. The van der Waals surface area contributed by atoms with E-state index >= 15 is 0 Å². The molecule has 1 aromatic carbocycles. The Morgan fingerprint density at radius 1 is 1.13 bits per heavy atom. The molecule has 3 N–H and O–H groups in total.